The molecule has 1 fully saturated rings. The lowest BCUT2D eigenvalue weighted by Crippen LogP contribution is -2.00. The molecule has 1 aromatic carbocycles. The molecule has 0 bridgehead atoms. The Bertz CT molecular complexity index is 478. The highest BCUT2D eigenvalue weighted by atomic mass is 35.5. The van der Waals surface area contributed by atoms with Gasteiger partial charge in [0.15, 0.2) is 5.12 Å². The Balaban J connectivity index is 2.05. The first kappa shape index (κ1) is 14.0. The molecule has 0 heterocycles. The van der Waals surface area contributed by atoms with Gasteiger partial charge in [0.05, 0.1) is 0 Å². The summed E-state index contributed by atoms with van der Waals surface area (Å²) in [5.41, 5.74) is -0.0477. The second kappa shape index (κ2) is 5.28. The molecule has 0 amide bonds. The summed E-state index contributed by atoms with van der Waals surface area (Å²) in [6, 6.07) is 9.68. The maximum Gasteiger partial charge on any atom is 0.197 e. The lowest BCUT2D eigenvalue weighted by molar-refractivity contribution is -0.112. The summed E-state index contributed by atoms with van der Waals surface area (Å²) in [5.74, 6) is 0.140. The normalized spacial score (nSPS) is 24.4. The molecule has 0 saturated heterocycles. The second-order valence-corrected chi connectivity index (χ2v) is 7.10. The first-order valence-corrected chi connectivity index (χ1v) is 7.29. The van der Waals surface area contributed by atoms with Crippen molar-refractivity contribution >= 4 is 40.1 Å². The van der Waals surface area contributed by atoms with Crippen LogP contribution in [0.2, 0.25) is 0 Å². The number of thioether (sulfide) groups is 1. The number of hydrogen-bond donors (Lipinski definition) is 0. The number of carbonyl (C=O) groups is 1. The van der Waals surface area contributed by atoms with Crippen molar-refractivity contribution in [3.63, 3.8) is 0 Å². The van der Waals surface area contributed by atoms with Gasteiger partial charge in [0, 0.05) is 10.8 Å². The van der Waals surface area contributed by atoms with E-state index >= 15 is 0 Å². The van der Waals surface area contributed by atoms with Gasteiger partial charge >= 0.3 is 0 Å². The molecular formula is C14H14Cl2OS. The molecule has 96 valence electrons. The summed E-state index contributed by atoms with van der Waals surface area (Å²) >= 11 is 12.7. The van der Waals surface area contributed by atoms with E-state index in [9.17, 15) is 4.79 Å². The molecular weight excluding hydrogens is 287 g/mol. The van der Waals surface area contributed by atoms with Crippen LogP contribution in [0.25, 0.3) is 0 Å². The van der Waals surface area contributed by atoms with Crippen LogP contribution in [-0.2, 0) is 4.79 Å². The zero-order valence-electron chi connectivity index (χ0n) is 10.2. The monoisotopic (exact) mass is 300 g/mol. The van der Waals surface area contributed by atoms with Crippen LogP contribution in [0.4, 0.5) is 0 Å². The summed E-state index contributed by atoms with van der Waals surface area (Å²) in [5, 5.41) is 0.182. The Hall–Kier alpha value is -0.440. The summed E-state index contributed by atoms with van der Waals surface area (Å²) < 4.78 is 0.244. The molecule has 2 atom stereocenters. The van der Waals surface area contributed by atoms with Crippen molar-refractivity contribution < 1.29 is 4.79 Å². The Morgan fingerprint density at radius 2 is 1.89 bits per heavy atom. The Labute approximate surface area is 122 Å². The predicted molar refractivity (Wildman–Crippen MR) is 77.9 cm³/mol. The third-order valence-electron chi connectivity index (χ3n) is 3.43. The van der Waals surface area contributed by atoms with Crippen molar-refractivity contribution in [2.75, 3.05) is 0 Å². The molecule has 1 aliphatic carbocycles. The number of rotatable bonds is 3. The lowest BCUT2D eigenvalue weighted by Gasteiger charge is -2.01. The average molecular weight is 301 g/mol. The largest absolute Gasteiger partial charge is 0.286 e. The third-order valence-corrected chi connectivity index (χ3v) is 4.65. The van der Waals surface area contributed by atoms with Crippen LogP contribution in [-0.4, -0.2) is 5.12 Å². The minimum atomic E-state index is -0.0477. The first-order valence-electron chi connectivity index (χ1n) is 5.72. The van der Waals surface area contributed by atoms with Gasteiger partial charge in [0.25, 0.3) is 0 Å². The van der Waals surface area contributed by atoms with Crippen LogP contribution in [0.1, 0.15) is 13.8 Å². The molecule has 18 heavy (non-hydrogen) atoms. The minimum Gasteiger partial charge on any atom is -0.286 e. The Morgan fingerprint density at radius 1 is 1.28 bits per heavy atom. The molecule has 4 heteroatoms. The number of benzene rings is 1. The fraction of sp³-hybridized carbons (Fsp3) is 0.357. The predicted octanol–water partition coefficient (Wildman–Crippen LogP) is 4.90. The quantitative estimate of drug-likeness (QED) is 0.739. The SMILES string of the molecule is CC1(C)[C@H](C(=O)Sc2ccccc2)[C@@H]1C=C(Cl)Cl. The van der Waals surface area contributed by atoms with Crippen LogP contribution in [0, 0.1) is 17.3 Å². The fourth-order valence-corrected chi connectivity index (χ4v) is 3.62. The average Bonchev–Trinajstić information content (AvgIpc) is 2.80. The molecule has 0 unspecified atom stereocenters. The molecule has 0 radical (unpaired) electrons. The van der Waals surface area contributed by atoms with Crippen LogP contribution in [0.5, 0.6) is 0 Å². The summed E-state index contributed by atoms with van der Waals surface area (Å²) in [4.78, 5) is 13.2. The Kier molecular flexibility index (Phi) is 4.10. The summed E-state index contributed by atoms with van der Waals surface area (Å²) in [6.45, 7) is 4.14. The van der Waals surface area contributed by atoms with Gasteiger partial charge in [0.1, 0.15) is 4.49 Å². The highest BCUT2D eigenvalue weighted by Crippen LogP contribution is 2.61. The van der Waals surface area contributed by atoms with Gasteiger partial charge in [0.2, 0.25) is 0 Å². The highest BCUT2D eigenvalue weighted by molar-refractivity contribution is 8.13. The van der Waals surface area contributed by atoms with E-state index in [0.717, 1.165) is 4.90 Å². The van der Waals surface area contributed by atoms with Gasteiger partial charge in [-0.1, -0.05) is 67.0 Å². The molecule has 0 aromatic heterocycles. The molecule has 0 N–H and O–H groups in total. The van der Waals surface area contributed by atoms with Crippen molar-refractivity contribution in [1.29, 1.82) is 0 Å². The van der Waals surface area contributed by atoms with Gasteiger partial charge < -0.3 is 0 Å². The van der Waals surface area contributed by atoms with E-state index in [1.807, 2.05) is 30.3 Å². The number of allylic oxidation sites excluding steroid dienone is 1. The molecule has 1 saturated carbocycles. The smallest absolute Gasteiger partial charge is 0.197 e. The van der Waals surface area contributed by atoms with E-state index in [0.29, 0.717) is 0 Å². The number of hydrogen-bond acceptors (Lipinski definition) is 2. The minimum absolute atomic E-state index is 0.00444. The van der Waals surface area contributed by atoms with Crippen LogP contribution >= 0.6 is 35.0 Å². The standard InChI is InChI=1S/C14H14Cl2OS/c1-14(2)10(8-11(15)16)12(14)13(17)18-9-6-4-3-5-7-9/h3-8,10,12H,1-2H3/t10-,12-/m0/s1. The van der Waals surface area contributed by atoms with E-state index in [-0.39, 0.29) is 26.9 Å². The van der Waals surface area contributed by atoms with E-state index < -0.39 is 0 Å². The maximum absolute atomic E-state index is 12.2. The van der Waals surface area contributed by atoms with Gasteiger partial charge in [-0.2, -0.15) is 0 Å². The second-order valence-electron chi connectivity index (χ2n) is 5.02. The molecule has 0 spiro atoms. The topological polar surface area (TPSA) is 17.1 Å². The highest BCUT2D eigenvalue weighted by Gasteiger charge is 2.60. The van der Waals surface area contributed by atoms with Crippen molar-refractivity contribution in [1.82, 2.24) is 0 Å². The van der Waals surface area contributed by atoms with E-state index in [1.165, 1.54) is 11.8 Å². The molecule has 2 rings (SSSR count). The molecule has 1 nitrogen and oxygen atoms in total. The van der Waals surface area contributed by atoms with Crippen molar-refractivity contribution in [3.8, 4) is 0 Å². The van der Waals surface area contributed by atoms with Crippen molar-refractivity contribution in [2.45, 2.75) is 18.7 Å². The van der Waals surface area contributed by atoms with E-state index in [1.54, 1.807) is 6.08 Å². The van der Waals surface area contributed by atoms with Crippen molar-refractivity contribution in [3.05, 3.63) is 40.9 Å². The van der Waals surface area contributed by atoms with Gasteiger partial charge in [-0.3, -0.25) is 4.79 Å². The molecule has 0 aliphatic heterocycles. The van der Waals surface area contributed by atoms with E-state index in [2.05, 4.69) is 13.8 Å². The molecule has 1 aromatic rings. The van der Waals surface area contributed by atoms with Gasteiger partial charge in [-0.05, 0) is 29.5 Å². The van der Waals surface area contributed by atoms with Crippen LogP contribution in [0.15, 0.2) is 45.8 Å². The number of halogens is 2. The zero-order valence-corrected chi connectivity index (χ0v) is 12.5. The lowest BCUT2D eigenvalue weighted by atomic mass is 10.1. The van der Waals surface area contributed by atoms with Crippen LogP contribution < -0.4 is 0 Å². The van der Waals surface area contributed by atoms with Gasteiger partial charge in [-0.15, -0.1) is 0 Å². The zero-order chi connectivity index (χ0) is 13.3. The number of carbonyl (C=O) groups excluding carboxylic acids is 1. The Morgan fingerprint density at radius 3 is 2.44 bits per heavy atom. The summed E-state index contributed by atoms with van der Waals surface area (Å²) in [7, 11) is 0. The van der Waals surface area contributed by atoms with Crippen molar-refractivity contribution in [2.24, 2.45) is 17.3 Å². The first-order chi connectivity index (χ1) is 8.43. The van der Waals surface area contributed by atoms with Gasteiger partial charge in [-0.25, -0.2) is 0 Å². The maximum atomic E-state index is 12.2. The third kappa shape index (κ3) is 2.93. The molecule has 1 aliphatic rings. The summed E-state index contributed by atoms with van der Waals surface area (Å²) in [6.07, 6.45) is 1.78. The fourth-order valence-electron chi connectivity index (χ4n) is 2.24. The van der Waals surface area contributed by atoms with Crippen LogP contribution in [0.3, 0.4) is 0 Å². The van der Waals surface area contributed by atoms with E-state index in [4.69, 9.17) is 23.2 Å².